The van der Waals surface area contributed by atoms with E-state index in [1.165, 1.54) is 68.8 Å². The maximum atomic E-state index is 13.2. The Bertz CT molecular complexity index is 4840. The molecule has 28 heteroatoms. The number of anilines is 6. The molecule has 6 fully saturated rings. The SMILES string of the molecule is CCONC(=O)c1cn(C2CCCCC2)c2nc(Nc3ccc(C4CCNCC4)cc3)ncc2c1=O.CONC(=O)c1cn(C2CCCCC2)c2nc(Nc3ccc(C4CCN(C(C)=O)CC4)cc3)ncc2c1=O.CONC(=O)c1cn(C2CCCCC2)c2nc(Nc3ccc(C4CCNCC4)cc3)ncc2c1=O. The van der Waals surface area contributed by atoms with Gasteiger partial charge in [-0.15, -0.1) is 0 Å². The van der Waals surface area contributed by atoms with Crippen LogP contribution in [-0.2, 0) is 19.3 Å². The van der Waals surface area contributed by atoms with E-state index < -0.39 is 34.0 Å². The number of aromatic nitrogens is 9. The Morgan fingerprint density at radius 2 is 0.725 bits per heavy atom. The van der Waals surface area contributed by atoms with Crippen molar-refractivity contribution in [3.8, 4) is 0 Å². The standard InChI is InChI=1S/C28H34N6O4.C27H34N6O3.C26H32N6O3/c1-18(35)33-14-12-20(13-15-33)19-8-10-21(11-9-19)30-28-29-16-23-25(36)24(27(37)32-38-2)17-34(26(23)31-28)22-6-4-3-5-7-22;1-2-36-32-26(35)23-17-33(21-6-4-3-5-7-21)25-22(24(23)34)16-29-27(31-25)30-20-10-8-18(9-11-20)19-12-14-28-15-13-19;1-35-31-25(34)22-16-32(20-5-3-2-4-6-20)24-21(23(22)33)15-28-26(30-24)29-19-9-7-17(8-10-19)18-11-13-27-14-12-18/h8-11,16-17,20,22H,3-7,12-15H2,1-2H3,(H,32,37)(H,29,30,31);8-11,16-17,19,21,28H,2-7,12-15H2,1H3,(H,32,35)(H,29,30,31);7-10,15-16,18,20,27H,2-6,11-14H2,1H3,(H,31,34)(H,28,29,30). The number of piperidine rings is 3. The minimum atomic E-state index is -0.585. The monoisotopic (exact) mass is 1480 g/mol. The van der Waals surface area contributed by atoms with Crippen LogP contribution >= 0.6 is 0 Å². The van der Waals surface area contributed by atoms with Crippen LogP contribution in [0.5, 0.6) is 0 Å². The third kappa shape index (κ3) is 18.7. The van der Waals surface area contributed by atoms with Gasteiger partial charge in [-0.25, -0.2) is 31.4 Å². The summed E-state index contributed by atoms with van der Waals surface area (Å²) in [6, 6.07) is 25.6. The normalized spacial score (nSPS) is 17.2. The topological polar surface area (TPSA) is 339 Å². The summed E-state index contributed by atoms with van der Waals surface area (Å²) in [5, 5.41) is 17.6. The van der Waals surface area contributed by atoms with Crippen molar-refractivity contribution in [2.75, 3.05) is 76.0 Å². The zero-order chi connectivity index (χ0) is 75.8. The molecule has 3 saturated heterocycles. The van der Waals surface area contributed by atoms with Gasteiger partial charge in [0.1, 0.15) is 33.6 Å². The second kappa shape index (κ2) is 36.7. The summed E-state index contributed by atoms with van der Waals surface area (Å²) in [5.41, 5.74) is 13.9. The van der Waals surface area contributed by atoms with Crippen molar-refractivity contribution in [1.82, 2.24) is 75.6 Å². The second-order valence-electron chi connectivity index (χ2n) is 29.2. The Morgan fingerprint density at radius 3 is 1.02 bits per heavy atom. The summed E-state index contributed by atoms with van der Waals surface area (Å²) in [6.07, 6.45) is 32.0. The Labute approximate surface area is 632 Å². The number of carbonyl (C=O) groups is 4. The van der Waals surface area contributed by atoms with Gasteiger partial charge in [0.25, 0.3) is 17.7 Å². The Kier molecular flexibility index (Phi) is 25.8. The fourth-order valence-corrected chi connectivity index (χ4v) is 16.2. The van der Waals surface area contributed by atoms with Gasteiger partial charge < -0.3 is 45.2 Å². The van der Waals surface area contributed by atoms with Crippen molar-refractivity contribution < 1.29 is 33.7 Å². The molecule has 6 aliphatic rings. The molecule has 15 rings (SSSR count). The molecule has 3 aliphatic carbocycles. The van der Waals surface area contributed by atoms with Gasteiger partial charge >= 0.3 is 0 Å². The third-order valence-corrected chi connectivity index (χ3v) is 22.2. The highest BCUT2D eigenvalue weighted by Gasteiger charge is 2.29. The van der Waals surface area contributed by atoms with E-state index in [0.29, 0.717) is 75.3 Å². The van der Waals surface area contributed by atoms with Crippen molar-refractivity contribution in [3.63, 3.8) is 0 Å². The predicted octanol–water partition coefficient (Wildman–Crippen LogP) is 12.0. The number of amides is 4. The summed E-state index contributed by atoms with van der Waals surface area (Å²) >= 11 is 0. The number of fused-ring (bicyclic) bond motifs is 3. The quantitative estimate of drug-likeness (QED) is 0.0349. The van der Waals surface area contributed by atoms with Crippen LogP contribution in [0.1, 0.15) is 232 Å². The highest BCUT2D eigenvalue weighted by atomic mass is 16.7. The lowest BCUT2D eigenvalue weighted by molar-refractivity contribution is -0.129. The van der Waals surface area contributed by atoms with Gasteiger partial charge in [0.05, 0.1) is 37.0 Å². The summed E-state index contributed by atoms with van der Waals surface area (Å²) in [5.74, 6) is 1.29. The zero-order valence-electron chi connectivity index (χ0n) is 62.7. The van der Waals surface area contributed by atoms with Crippen LogP contribution in [-0.4, -0.2) is 132 Å². The summed E-state index contributed by atoms with van der Waals surface area (Å²) < 4.78 is 5.93. The number of hydrogen-bond acceptors (Lipinski definition) is 21. The fourth-order valence-electron chi connectivity index (χ4n) is 16.2. The number of hydroxylamine groups is 3. The molecule has 9 heterocycles. The van der Waals surface area contributed by atoms with E-state index in [1.54, 1.807) is 32.4 Å². The minimum Gasteiger partial charge on any atom is -0.343 e. The first kappa shape index (κ1) is 76.8. The van der Waals surface area contributed by atoms with Gasteiger partial charge in [-0.2, -0.15) is 15.0 Å². The fraction of sp³-hybridized carbons (Fsp3) is 0.469. The van der Waals surface area contributed by atoms with E-state index in [4.69, 9.17) is 29.5 Å². The van der Waals surface area contributed by atoms with Gasteiger partial charge in [0, 0.05) is 92.4 Å². The number of nitrogens with one attached hydrogen (secondary N) is 8. The van der Waals surface area contributed by atoms with Crippen LogP contribution in [0.15, 0.2) is 124 Å². The van der Waals surface area contributed by atoms with Crippen LogP contribution in [0.4, 0.5) is 34.9 Å². The number of carbonyl (C=O) groups excluding carboxylic acids is 4. The third-order valence-electron chi connectivity index (χ3n) is 22.2. The number of pyridine rings is 3. The number of rotatable bonds is 19. The van der Waals surface area contributed by atoms with Crippen molar-refractivity contribution in [3.05, 3.63) is 174 Å². The number of hydrogen-bond donors (Lipinski definition) is 8. The first-order chi connectivity index (χ1) is 53.2. The Hall–Kier alpha value is -10.4. The van der Waals surface area contributed by atoms with Gasteiger partial charge in [-0.05, 0) is 181 Å². The molecule has 0 atom stereocenters. The number of nitrogens with zero attached hydrogens (tertiary/aromatic N) is 10. The van der Waals surface area contributed by atoms with Crippen LogP contribution in [0.25, 0.3) is 33.1 Å². The highest BCUT2D eigenvalue weighted by Crippen LogP contribution is 2.36. The number of benzene rings is 3. The molecule has 4 amide bonds. The predicted molar refractivity (Wildman–Crippen MR) is 419 cm³/mol. The lowest BCUT2D eigenvalue weighted by atomic mass is 9.89. The van der Waals surface area contributed by atoms with Crippen molar-refractivity contribution in [2.45, 2.75) is 185 Å². The smallest absolute Gasteiger partial charge is 0.280 e. The molecule has 3 saturated carbocycles. The lowest BCUT2D eigenvalue weighted by Crippen LogP contribution is -2.36. The maximum absolute atomic E-state index is 13.2. The van der Waals surface area contributed by atoms with E-state index in [2.05, 4.69) is 119 Å². The molecular weight excluding hydrogens is 1390 g/mol. The average Bonchev–Trinajstić information content (AvgIpc) is 0.774. The highest BCUT2D eigenvalue weighted by molar-refractivity contribution is 5.98. The second-order valence-corrected chi connectivity index (χ2v) is 29.2. The summed E-state index contributed by atoms with van der Waals surface area (Å²) in [7, 11) is 2.68. The molecule has 574 valence electrons. The van der Waals surface area contributed by atoms with Crippen LogP contribution in [0.2, 0.25) is 0 Å². The van der Waals surface area contributed by atoms with Gasteiger partial charge in [0.15, 0.2) is 0 Å². The van der Waals surface area contributed by atoms with Gasteiger partial charge in [-0.1, -0.05) is 94.2 Å². The molecule has 28 nitrogen and oxygen atoms in total. The Balaban J connectivity index is 0.000000144. The molecule has 0 radical (unpaired) electrons. The molecule has 9 aromatic rings. The molecule has 3 aromatic carbocycles. The van der Waals surface area contributed by atoms with Crippen LogP contribution in [0.3, 0.4) is 0 Å². The van der Waals surface area contributed by atoms with Crippen molar-refractivity contribution in [1.29, 1.82) is 0 Å². The maximum Gasteiger partial charge on any atom is 0.280 e. The minimum absolute atomic E-state index is 0.0129. The van der Waals surface area contributed by atoms with Gasteiger partial charge in [-0.3, -0.25) is 48.1 Å². The first-order valence-corrected chi connectivity index (χ1v) is 38.8. The summed E-state index contributed by atoms with van der Waals surface area (Å²) in [6.45, 7) is 9.55. The molecule has 0 unspecified atom stereocenters. The lowest BCUT2D eigenvalue weighted by Gasteiger charge is -2.31. The first-order valence-electron chi connectivity index (χ1n) is 38.8. The molecule has 3 aliphatic heterocycles. The van der Waals surface area contributed by atoms with E-state index in [0.717, 1.165) is 172 Å². The average molecular weight is 1490 g/mol. The molecule has 0 bridgehead atoms. The van der Waals surface area contributed by atoms with Crippen molar-refractivity contribution >= 4 is 91.6 Å². The Morgan fingerprint density at radius 1 is 0.422 bits per heavy atom. The summed E-state index contributed by atoms with van der Waals surface area (Å²) in [4.78, 5) is 133. The molecular formula is C81H100N18O10. The van der Waals surface area contributed by atoms with E-state index in [-0.39, 0.29) is 40.7 Å². The van der Waals surface area contributed by atoms with Gasteiger partial charge in [0.2, 0.25) is 40.0 Å². The zero-order valence-corrected chi connectivity index (χ0v) is 62.7. The molecule has 109 heavy (non-hydrogen) atoms. The van der Waals surface area contributed by atoms with E-state index in [1.807, 2.05) is 30.7 Å². The largest absolute Gasteiger partial charge is 0.343 e. The van der Waals surface area contributed by atoms with Crippen LogP contribution < -0.4 is 59.3 Å². The van der Waals surface area contributed by atoms with E-state index >= 15 is 0 Å². The van der Waals surface area contributed by atoms with Crippen LogP contribution in [0, 0.1) is 0 Å². The molecule has 0 spiro atoms. The molecule has 6 aromatic heterocycles. The van der Waals surface area contributed by atoms with Crippen molar-refractivity contribution in [2.24, 2.45) is 0 Å². The van der Waals surface area contributed by atoms with E-state index in [9.17, 15) is 33.6 Å². The molecule has 8 N–H and O–H groups in total. The number of likely N-dealkylation sites (tertiary alicyclic amines) is 1.